The van der Waals surface area contributed by atoms with Gasteiger partial charge in [0.1, 0.15) is 24.2 Å². The van der Waals surface area contributed by atoms with Crippen LogP contribution in [0.15, 0.2) is 60.7 Å². The van der Waals surface area contributed by atoms with Crippen molar-refractivity contribution in [2.45, 2.75) is 142 Å². The number of piperidine rings is 1. The van der Waals surface area contributed by atoms with E-state index in [1.807, 2.05) is 27.7 Å². The molecule has 0 radical (unpaired) electrons. The molecule has 1 aliphatic heterocycles. The SMILES string of the molecule is CC[C@H](C)[C@H](NC)C(=O)O[C@H](C)C(=O)N(C)[C@@H](Cc1ccccc1)C(=O)O[C@H](C)C(=O)N(C)[C@@H](CC(C)C)C(=O)O[C@H](Cc1ccccc1)C(=O)N1CCCC[C@H]1C(=O)O[C@H](C)C(=O)O. The molecule has 17 heteroatoms. The van der Waals surface area contributed by atoms with Crippen LogP contribution in [0.5, 0.6) is 0 Å². The smallest absolute Gasteiger partial charge is 0.344 e. The van der Waals surface area contributed by atoms with E-state index in [0.29, 0.717) is 30.4 Å². The van der Waals surface area contributed by atoms with E-state index < -0.39 is 96.2 Å². The number of rotatable bonds is 23. The van der Waals surface area contributed by atoms with E-state index in [1.165, 1.54) is 39.8 Å². The Bertz CT molecular complexity index is 1930. The Balaban J connectivity index is 1.87. The van der Waals surface area contributed by atoms with Gasteiger partial charge in [-0.05, 0) is 76.5 Å². The quantitative estimate of drug-likeness (QED) is 0.119. The van der Waals surface area contributed by atoms with Crippen molar-refractivity contribution >= 4 is 47.6 Å². The first-order valence-electron chi connectivity index (χ1n) is 22.4. The van der Waals surface area contributed by atoms with Crippen LogP contribution in [0.3, 0.4) is 0 Å². The van der Waals surface area contributed by atoms with E-state index in [0.717, 1.165) is 9.80 Å². The highest BCUT2D eigenvalue weighted by atomic mass is 16.6. The monoisotopic (exact) mass is 908 g/mol. The number of benzene rings is 2. The van der Waals surface area contributed by atoms with Gasteiger partial charge in [-0.2, -0.15) is 0 Å². The summed E-state index contributed by atoms with van der Waals surface area (Å²) in [4.78, 5) is 112. The maximum Gasteiger partial charge on any atom is 0.344 e. The summed E-state index contributed by atoms with van der Waals surface area (Å²) in [6.07, 6.45) is -3.60. The molecule has 17 nitrogen and oxygen atoms in total. The molecule has 2 aromatic rings. The predicted molar refractivity (Wildman–Crippen MR) is 239 cm³/mol. The van der Waals surface area contributed by atoms with Crippen molar-refractivity contribution in [3.63, 3.8) is 0 Å². The summed E-state index contributed by atoms with van der Waals surface area (Å²) in [5, 5.41) is 12.3. The van der Waals surface area contributed by atoms with Gasteiger partial charge in [-0.15, -0.1) is 0 Å². The van der Waals surface area contributed by atoms with Gasteiger partial charge < -0.3 is 44.1 Å². The second-order valence-electron chi connectivity index (χ2n) is 17.1. The van der Waals surface area contributed by atoms with Crippen molar-refractivity contribution in [1.82, 2.24) is 20.0 Å². The summed E-state index contributed by atoms with van der Waals surface area (Å²) in [6.45, 7) is 11.6. The minimum absolute atomic E-state index is 0.00134. The van der Waals surface area contributed by atoms with Crippen LogP contribution in [-0.2, 0) is 70.1 Å². The molecule has 0 bridgehead atoms. The van der Waals surface area contributed by atoms with Crippen molar-refractivity contribution in [1.29, 1.82) is 0 Å². The van der Waals surface area contributed by atoms with Gasteiger partial charge in [-0.1, -0.05) is 94.8 Å². The van der Waals surface area contributed by atoms with E-state index >= 15 is 0 Å². The summed E-state index contributed by atoms with van der Waals surface area (Å²) >= 11 is 0. The fraction of sp³-hybridized carbons (Fsp3) is 0.583. The summed E-state index contributed by atoms with van der Waals surface area (Å²) < 4.78 is 22.5. The third kappa shape index (κ3) is 15.4. The average Bonchev–Trinajstić information content (AvgIpc) is 3.28. The lowest BCUT2D eigenvalue weighted by atomic mass is 9.99. The molecule has 1 saturated heterocycles. The van der Waals surface area contributed by atoms with Crippen molar-refractivity contribution in [2.24, 2.45) is 11.8 Å². The lowest BCUT2D eigenvalue weighted by Crippen LogP contribution is -2.55. The molecule has 1 fully saturated rings. The molecule has 1 aliphatic rings. The van der Waals surface area contributed by atoms with Gasteiger partial charge in [0.05, 0.1) is 0 Å². The molecule has 0 aliphatic carbocycles. The molecule has 3 rings (SSSR count). The molecule has 2 N–H and O–H groups in total. The minimum Gasteiger partial charge on any atom is -0.479 e. The standard InChI is InChI=1S/C48H68N4O13/c1-11-30(4)40(49-8)48(61)63-32(6)42(54)51(10)38(27-34-20-14-12-15-21-34)46(59)62-31(5)41(53)50(9)37(26-29(2)3)47(60)65-39(28-35-22-16-13-17-23-35)43(55)52-25-19-18-24-36(52)45(58)64-33(7)44(56)57/h12-17,20-23,29-33,36-40,49H,11,18-19,24-28H2,1-10H3,(H,56,57)/t30-,31+,32+,33+,36-,37-,38-,39+,40-/m0/s1. The normalized spacial score (nSPS) is 17.5. The summed E-state index contributed by atoms with van der Waals surface area (Å²) in [7, 11) is 4.37. The highest BCUT2D eigenvalue weighted by molar-refractivity contribution is 5.93. The average molecular weight is 909 g/mol. The van der Waals surface area contributed by atoms with Crippen LogP contribution in [0.1, 0.15) is 91.7 Å². The van der Waals surface area contributed by atoms with Gasteiger partial charge >= 0.3 is 29.8 Å². The Kier molecular flexibility index (Phi) is 21.1. The number of hydrogen-bond donors (Lipinski definition) is 2. The van der Waals surface area contributed by atoms with E-state index in [-0.39, 0.29) is 44.1 Å². The van der Waals surface area contributed by atoms with E-state index in [4.69, 9.17) is 18.9 Å². The van der Waals surface area contributed by atoms with Gasteiger partial charge in [0.15, 0.2) is 24.4 Å². The van der Waals surface area contributed by atoms with Gasteiger partial charge in [-0.3, -0.25) is 19.2 Å². The lowest BCUT2D eigenvalue weighted by Gasteiger charge is -2.37. The number of likely N-dealkylation sites (tertiary alicyclic amines) is 1. The number of carbonyl (C=O) groups excluding carboxylic acids is 7. The molecule has 2 aromatic carbocycles. The second-order valence-corrected chi connectivity index (χ2v) is 17.1. The number of carboxylic acids is 1. The molecule has 0 saturated carbocycles. The number of esters is 4. The summed E-state index contributed by atoms with van der Waals surface area (Å²) in [6, 6.07) is 13.4. The van der Waals surface area contributed by atoms with Crippen LogP contribution in [0.2, 0.25) is 0 Å². The maximum atomic E-state index is 14.4. The van der Waals surface area contributed by atoms with Crippen LogP contribution in [0, 0.1) is 11.8 Å². The predicted octanol–water partition coefficient (Wildman–Crippen LogP) is 3.98. The number of aliphatic carboxylic acids is 1. The largest absolute Gasteiger partial charge is 0.479 e. The Morgan fingerprint density at radius 2 is 1.20 bits per heavy atom. The molecule has 0 unspecified atom stereocenters. The van der Waals surface area contributed by atoms with E-state index in [1.54, 1.807) is 67.7 Å². The number of carboxylic acid groups (broad SMARTS) is 1. The molecule has 9 atom stereocenters. The third-order valence-electron chi connectivity index (χ3n) is 11.7. The number of nitrogens with one attached hydrogen (secondary N) is 1. The molecule has 65 heavy (non-hydrogen) atoms. The first-order valence-corrected chi connectivity index (χ1v) is 22.4. The summed E-state index contributed by atoms with van der Waals surface area (Å²) in [5.41, 5.74) is 1.33. The molecule has 0 aromatic heterocycles. The number of likely N-dealkylation sites (N-methyl/N-ethyl adjacent to an activating group) is 3. The van der Waals surface area contributed by atoms with Crippen LogP contribution in [0.25, 0.3) is 0 Å². The lowest BCUT2D eigenvalue weighted by molar-refractivity contribution is -0.175. The first kappa shape index (κ1) is 53.5. The van der Waals surface area contributed by atoms with E-state index in [2.05, 4.69) is 5.32 Å². The molecule has 3 amide bonds. The topological polar surface area (TPSA) is 215 Å². The number of nitrogens with zero attached hydrogens (tertiary/aromatic N) is 3. The van der Waals surface area contributed by atoms with Gasteiger partial charge in [0, 0.05) is 33.5 Å². The highest BCUT2D eigenvalue weighted by Gasteiger charge is 2.42. The van der Waals surface area contributed by atoms with Crippen molar-refractivity contribution in [2.75, 3.05) is 27.7 Å². The Morgan fingerprint density at radius 3 is 1.71 bits per heavy atom. The fourth-order valence-corrected chi connectivity index (χ4v) is 7.58. The number of amides is 3. The minimum atomic E-state index is -1.46. The van der Waals surface area contributed by atoms with Crippen molar-refractivity contribution < 1.29 is 62.4 Å². The molecule has 1 heterocycles. The fourth-order valence-electron chi connectivity index (χ4n) is 7.58. The van der Waals surface area contributed by atoms with Crippen LogP contribution < -0.4 is 5.32 Å². The Labute approximate surface area is 382 Å². The van der Waals surface area contributed by atoms with Crippen LogP contribution in [-0.4, -0.2) is 144 Å². The second kappa shape index (κ2) is 25.6. The van der Waals surface area contributed by atoms with E-state index in [9.17, 15) is 43.5 Å². The first-order chi connectivity index (χ1) is 30.7. The molecular formula is C48H68N4O13. The Morgan fingerprint density at radius 1 is 0.692 bits per heavy atom. The maximum absolute atomic E-state index is 14.4. The molecule has 0 spiro atoms. The van der Waals surface area contributed by atoms with Crippen LogP contribution in [0.4, 0.5) is 0 Å². The zero-order valence-electron chi connectivity index (χ0n) is 39.4. The van der Waals surface area contributed by atoms with Crippen molar-refractivity contribution in [3.05, 3.63) is 71.8 Å². The third-order valence-corrected chi connectivity index (χ3v) is 11.7. The number of ether oxygens (including phenoxy) is 4. The zero-order chi connectivity index (χ0) is 48.5. The van der Waals surface area contributed by atoms with Gasteiger partial charge in [0.2, 0.25) is 0 Å². The van der Waals surface area contributed by atoms with Crippen molar-refractivity contribution in [3.8, 4) is 0 Å². The van der Waals surface area contributed by atoms with Crippen LogP contribution >= 0.6 is 0 Å². The zero-order valence-corrected chi connectivity index (χ0v) is 39.4. The molecule has 358 valence electrons. The highest BCUT2D eigenvalue weighted by Crippen LogP contribution is 2.24. The van der Waals surface area contributed by atoms with Gasteiger partial charge in [0.25, 0.3) is 17.7 Å². The number of carbonyl (C=O) groups is 8. The Hall–Kier alpha value is -5.84. The number of hydrogen-bond acceptors (Lipinski definition) is 13. The summed E-state index contributed by atoms with van der Waals surface area (Å²) in [5.74, 6) is -7.05. The van der Waals surface area contributed by atoms with Gasteiger partial charge in [-0.25, -0.2) is 19.2 Å². The molecular weight excluding hydrogens is 841 g/mol.